The van der Waals surface area contributed by atoms with Gasteiger partial charge in [0.1, 0.15) is 17.5 Å². The second kappa shape index (κ2) is 4.02. The topological polar surface area (TPSA) is 50.9 Å². The summed E-state index contributed by atoms with van der Waals surface area (Å²) in [5.41, 5.74) is 0.760. The Balaban J connectivity index is 2.64. The van der Waals surface area contributed by atoms with Gasteiger partial charge in [-0.25, -0.2) is 14.1 Å². The first-order chi connectivity index (χ1) is 7.63. The van der Waals surface area contributed by atoms with Gasteiger partial charge in [-0.2, -0.15) is 5.10 Å². The lowest BCUT2D eigenvalue weighted by Gasteiger charge is -2.08. The number of halogens is 1. The Morgan fingerprint density at radius 1 is 1.38 bits per heavy atom. The van der Waals surface area contributed by atoms with Crippen molar-refractivity contribution in [2.24, 2.45) is 0 Å². The standard InChI is InChI=1S/C11H12FN3O/c1-7-13-8(2)15(14-7)11-5-3-4-10(12)9(11)6-16/h3-5,16H,6H2,1-2H3. The molecule has 0 spiro atoms. The monoisotopic (exact) mass is 221 g/mol. The van der Waals surface area contributed by atoms with Crippen LogP contribution in [0.3, 0.4) is 0 Å². The molecule has 1 aromatic carbocycles. The number of aliphatic hydroxyl groups is 1. The molecule has 16 heavy (non-hydrogen) atoms. The van der Waals surface area contributed by atoms with E-state index in [2.05, 4.69) is 10.1 Å². The molecular weight excluding hydrogens is 209 g/mol. The molecule has 0 atom stereocenters. The lowest BCUT2D eigenvalue weighted by atomic mass is 10.2. The average Bonchev–Trinajstić information content (AvgIpc) is 2.57. The number of benzene rings is 1. The maximum atomic E-state index is 13.5. The maximum absolute atomic E-state index is 13.5. The van der Waals surface area contributed by atoms with Gasteiger partial charge in [-0.3, -0.25) is 0 Å². The van der Waals surface area contributed by atoms with Crippen molar-refractivity contribution in [1.82, 2.24) is 14.8 Å². The van der Waals surface area contributed by atoms with Crippen molar-refractivity contribution in [1.29, 1.82) is 0 Å². The number of aromatic nitrogens is 3. The van der Waals surface area contributed by atoms with Crippen LogP contribution in [0, 0.1) is 19.7 Å². The van der Waals surface area contributed by atoms with Crippen molar-refractivity contribution in [3.05, 3.63) is 41.2 Å². The molecule has 5 heteroatoms. The average molecular weight is 221 g/mol. The highest BCUT2D eigenvalue weighted by atomic mass is 19.1. The second-order valence-corrected chi connectivity index (χ2v) is 3.51. The zero-order valence-electron chi connectivity index (χ0n) is 9.11. The van der Waals surface area contributed by atoms with Gasteiger partial charge in [0.15, 0.2) is 0 Å². The van der Waals surface area contributed by atoms with Crippen molar-refractivity contribution in [2.45, 2.75) is 20.5 Å². The van der Waals surface area contributed by atoms with Gasteiger partial charge < -0.3 is 5.11 Å². The van der Waals surface area contributed by atoms with E-state index in [1.165, 1.54) is 10.7 Å². The summed E-state index contributed by atoms with van der Waals surface area (Å²) in [5.74, 6) is 0.844. The molecule has 0 bridgehead atoms. The van der Waals surface area contributed by atoms with Gasteiger partial charge >= 0.3 is 0 Å². The van der Waals surface area contributed by atoms with Crippen LogP contribution in [-0.4, -0.2) is 19.9 Å². The Bertz CT molecular complexity index is 522. The van der Waals surface area contributed by atoms with Crippen LogP contribution in [0.1, 0.15) is 17.2 Å². The third kappa shape index (κ3) is 1.69. The van der Waals surface area contributed by atoms with Crippen LogP contribution in [0.25, 0.3) is 5.69 Å². The molecule has 0 radical (unpaired) electrons. The van der Waals surface area contributed by atoms with Crippen LogP contribution in [0.15, 0.2) is 18.2 Å². The van der Waals surface area contributed by atoms with E-state index in [9.17, 15) is 4.39 Å². The summed E-state index contributed by atoms with van der Waals surface area (Å²) >= 11 is 0. The van der Waals surface area contributed by atoms with E-state index in [1.807, 2.05) is 0 Å². The SMILES string of the molecule is Cc1nc(C)n(-c2cccc(F)c2CO)n1. The van der Waals surface area contributed by atoms with Gasteiger partial charge in [0.25, 0.3) is 0 Å². The fourth-order valence-corrected chi connectivity index (χ4v) is 1.65. The van der Waals surface area contributed by atoms with Crippen molar-refractivity contribution in [3.63, 3.8) is 0 Å². The second-order valence-electron chi connectivity index (χ2n) is 3.51. The Kier molecular flexibility index (Phi) is 2.70. The van der Waals surface area contributed by atoms with Gasteiger partial charge in [-0.1, -0.05) is 6.07 Å². The number of aliphatic hydroxyl groups excluding tert-OH is 1. The fourth-order valence-electron chi connectivity index (χ4n) is 1.65. The quantitative estimate of drug-likeness (QED) is 0.836. The minimum atomic E-state index is -0.437. The Morgan fingerprint density at radius 2 is 2.12 bits per heavy atom. The number of hydrogen-bond acceptors (Lipinski definition) is 3. The van der Waals surface area contributed by atoms with E-state index >= 15 is 0 Å². The Morgan fingerprint density at radius 3 is 2.69 bits per heavy atom. The number of nitrogens with zero attached hydrogens (tertiary/aromatic N) is 3. The van der Waals surface area contributed by atoms with E-state index in [1.54, 1.807) is 26.0 Å². The van der Waals surface area contributed by atoms with Crippen molar-refractivity contribution in [3.8, 4) is 5.69 Å². The first-order valence-corrected chi connectivity index (χ1v) is 4.92. The maximum Gasteiger partial charge on any atom is 0.148 e. The largest absolute Gasteiger partial charge is 0.391 e. The van der Waals surface area contributed by atoms with Crippen LogP contribution < -0.4 is 0 Å². The van der Waals surface area contributed by atoms with Gasteiger partial charge in [-0.15, -0.1) is 0 Å². The Hall–Kier alpha value is -1.75. The molecule has 0 unspecified atom stereocenters. The number of hydrogen-bond donors (Lipinski definition) is 1. The van der Waals surface area contributed by atoms with E-state index in [-0.39, 0.29) is 12.2 Å². The summed E-state index contributed by atoms with van der Waals surface area (Å²) < 4.78 is 15.0. The smallest absolute Gasteiger partial charge is 0.148 e. The summed E-state index contributed by atoms with van der Waals surface area (Å²) in [6, 6.07) is 4.60. The molecule has 0 saturated heterocycles. The molecule has 1 heterocycles. The number of rotatable bonds is 2. The lowest BCUT2D eigenvalue weighted by molar-refractivity contribution is 0.275. The van der Waals surface area contributed by atoms with Crippen molar-refractivity contribution < 1.29 is 9.50 Å². The normalized spacial score (nSPS) is 10.8. The molecule has 1 N–H and O–H groups in total. The van der Waals surface area contributed by atoms with Gasteiger partial charge in [0.05, 0.1) is 12.3 Å². The van der Waals surface area contributed by atoms with E-state index < -0.39 is 5.82 Å². The molecular formula is C11H12FN3O. The third-order valence-electron chi connectivity index (χ3n) is 2.36. The van der Waals surface area contributed by atoms with Gasteiger partial charge in [0, 0.05) is 5.56 Å². The molecule has 0 aliphatic carbocycles. The Labute approximate surface area is 92.4 Å². The molecule has 0 saturated carbocycles. The van der Waals surface area contributed by atoms with Crippen molar-refractivity contribution >= 4 is 0 Å². The van der Waals surface area contributed by atoms with E-state index in [0.717, 1.165) is 0 Å². The molecule has 84 valence electrons. The summed E-state index contributed by atoms with van der Waals surface area (Å²) in [6.07, 6.45) is 0. The van der Waals surface area contributed by atoms with Crippen LogP contribution in [0.4, 0.5) is 4.39 Å². The summed E-state index contributed by atoms with van der Waals surface area (Å²) in [6.45, 7) is 3.19. The summed E-state index contributed by atoms with van der Waals surface area (Å²) in [7, 11) is 0. The molecule has 1 aromatic heterocycles. The van der Waals surface area contributed by atoms with E-state index in [4.69, 9.17) is 5.11 Å². The predicted octanol–water partition coefficient (Wildman–Crippen LogP) is 1.52. The zero-order chi connectivity index (χ0) is 11.7. The van der Waals surface area contributed by atoms with Crippen LogP contribution in [0.5, 0.6) is 0 Å². The predicted molar refractivity (Wildman–Crippen MR) is 56.7 cm³/mol. The molecule has 0 aliphatic heterocycles. The third-order valence-corrected chi connectivity index (χ3v) is 2.36. The van der Waals surface area contributed by atoms with Crippen molar-refractivity contribution in [2.75, 3.05) is 0 Å². The minimum Gasteiger partial charge on any atom is -0.391 e. The fraction of sp³-hybridized carbons (Fsp3) is 0.273. The highest BCUT2D eigenvalue weighted by Gasteiger charge is 2.12. The van der Waals surface area contributed by atoms with Gasteiger partial charge in [0.2, 0.25) is 0 Å². The summed E-state index contributed by atoms with van der Waals surface area (Å²) in [5, 5.41) is 13.3. The first kappa shape index (κ1) is 10.8. The highest BCUT2D eigenvalue weighted by molar-refractivity contribution is 5.41. The highest BCUT2D eigenvalue weighted by Crippen LogP contribution is 2.18. The zero-order valence-corrected chi connectivity index (χ0v) is 9.11. The van der Waals surface area contributed by atoms with Crippen LogP contribution in [-0.2, 0) is 6.61 Å². The molecule has 2 aromatic rings. The van der Waals surface area contributed by atoms with E-state index in [0.29, 0.717) is 17.3 Å². The minimum absolute atomic E-state index is 0.232. The number of aryl methyl sites for hydroxylation is 2. The van der Waals surface area contributed by atoms with Crippen LogP contribution in [0.2, 0.25) is 0 Å². The molecule has 0 amide bonds. The first-order valence-electron chi connectivity index (χ1n) is 4.92. The summed E-state index contributed by atoms with van der Waals surface area (Å²) in [4.78, 5) is 4.14. The molecule has 0 fully saturated rings. The van der Waals surface area contributed by atoms with Gasteiger partial charge in [-0.05, 0) is 26.0 Å². The molecule has 2 rings (SSSR count). The lowest BCUT2D eigenvalue weighted by Crippen LogP contribution is -2.05. The van der Waals surface area contributed by atoms with Crippen LogP contribution >= 0.6 is 0 Å². The molecule has 4 nitrogen and oxygen atoms in total. The molecule has 0 aliphatic rings.